The molecule has 2 aliphatic rings. The second-order valence-electron chi connectivity index (χ2n) is 3.74. The lowest BCUT2D eigenvalue weighted by atomic mass is 9.53. The molecule has 0 saturated heterocycles. The van der Waals surface area contributed by atoms with Gasteiger partial charge < -0.3 is 0 Å². The maximum atomic E-state index is 10.6. The van der Waals surface area contributed by atoms with Gasteiger partial charge in [-0.05, 0) is 5.41 Å². The summed E-state index contributed by atoms with van der Waals surface area (Å²) in [5, 5.41) is 10.2. The zero-order valence-corrected chi connectivity index (χ0v) is 6.08. The molecule has 0 aromatic heterocycles. The lowest BCUT2D eigenvalue weighted by Crippen LogP contribution is -2.52. The molecular formula is C7H9NO3. The normalized spacial score (nSPS) is 27.8. The fraction of sp³-hybridized carbons (Fsp3) is 0.857. The van der Waals surface area contributed by atoms with Crippen LogP contribution in [-0.2, 0) is 4.79 Å². The minimum Gasteiger partial charge on any atom is -0.300 e. The number of rotatable bonds is 1. The van der Waals surface area contributed by atoms with Gasteiger partial charge in [0.25, 0.3) is 0 Å². The molecule has 0 bridgehead atoms. The second kappa shape index (κ2) is 1.81. The molecule has 4 heteroatoms. The quantitative estimate of drug-likeness (QED) is 0.415. The lowest BCUT2D eigenvalue weighted by Gasteiger charge is -2.48. The standard InChI is InChI=1S/C7H9NO3/c9-6-3-7(4-6)1-5(2-7)8(10)11/h5H,1-4H2. The Morgan fingerprint density at radius 2 is 2.00 bits per heavy atom. The second-order valence-corrected chi connectivity index (χ2v) is 3.74. The molecule has 0 radical (unpaired) electrons. The Morgan fingerprint density at radius 1 is 1.45 bits per heavy atom. The summed E-state index contributed by atoms with van der Waals surface area (Å²) in [7, 11) is 0. The number of ketones is 1. The van der Waals surface area contributed by atoms with Crippen LogP contribution in [0.5, 0.6) is 0 Å². The molecule has 0 aliphatic heterocycles. The van der Waals surface area contributed by atoms with E-state index in [0.29, 0.717) is 25.7 Å². The number of carbonyl (C=O) groups is 1. The molecule has 2 saturated carbocycles. The monoisotopic (exact) mass is 155 g/mol. The number of nitrogens with zero attached hydrogens (tertiary/aromatic N) is 1. The molecule has 1 spiro atoms. The Hall–Kier alpha value is -0.930. The molecular weight excluding hydrogens is 146 g/mol. The van der Waals surface area contributed by atoms with Gasteiger partial charge in [-0.25, -0.2) is 0 Å². The van der Waals surface area contributed by atoms with Crippen molar-refractivity contribution in [1.82, 2.24) is 0 Å². The number of hydrogen-bond donors (Lipinski definition) is 0. The molecule has 0 aromatic carbocycles. The van der Waals surface area contributed by atoms with Gasteiger partial charge in [-0.15, -0.1) is 0 Å². The van der Waals surface area contributed by atoms with Gasteiger partial charge in [-0.1, -0.05) is 0 Å². The van der Waals surface area contributed by atoms with Crippen molar-refractivity contribution in [1.29, 1.82) is 0 Å². The van der Waals surface area contributed by atoms with E-state index in [9.17, 15) is 14.9 Å². The van der Waals surface area contributed by atoms with Crippen LogP contribution in [-0.4, -0.2) is 16.7 Å². The Morgan fingerprint density at radius 3 is 2.36 bits per heavy atom. The molecule has 60 valence electrons. The van der Waals surface area contributed by atoms with E-state index in [4.69, 9.17) is 0 Å². The number of carbonyl (C=O) groups excluding carboxylic acids is 1. The lowest BCUT2D eigenvalue weighted by molar-refractivity contribution is -0.548. The van der Waals surface area contributed by atoms with Crippen molar-refractivity contribution in [3.63, 3.8) is 0 Å². The zero-order chi connectivity index (χ0) is 8.06. The van der Waals surface area contributed by atoms with Crippen LogP contribution in [0.25, 0.3) is 0 Å². The van der Waals surface area contributed by atoms with Gasteiger partial charge in [0.05, 0.1) is 0 Å². The summed E-state index contributed by atoms with van der Waals surface area (Å²) < 4.78 is 0. The van der Waals surface area contributed by atoms with E-state index >= 15 is 0 Å². The van der Waals surface area contributed by atoms with Crippen molar-refractivity contribution in [2.75, 3.05) is 0 Å². The summed E-state index contributed by atoms with van der Waals surface area (Å²) in [4.78, 5) is 20.6. The summed E-state index contributed by atoms with van der Waals surface area (Å²) in [5.41, 5.74) is 0.0782. The summed E-state index contributed by atoms with van der Waals surface area (Å²) in [5.74, 6) is 0.270. The third kappa shape index (κ3) is 0.852. The SMILES string of the molecule is O=C1CC2(C1)CC([N+](=O)[O-])C2. The molecule has 0 amide bonds. The van der Waals surface area contributed by atoms with E-state index in [0.717, 1.165) is 0 Å². The molecule has 4 nitrogen and oxygen atoms in total. The van der Waals surface area contributed by atoms with Crippen molar-refractivity contribution < 1.29 is 9.72 Å². The van der Waals surface area contributed by atoms with Gasteiger partial charge in [-0.2, -0.15) is 0 Å². The maximum absolute atomic E-state index is 10.6. The van der Waals surface area contributed by atoms with Gasteiger partial charge in [0, 0.05) is 30.6 Å². The van der Waals surface area contributed by atoms with Crippen LogP contribution < -0.4 is 0 Å². The number of Topliss-reactive ketones (excluding diaryl/α,β-unsaturated/α-hetero) is 1. The summed E-state index contributed by atoms with van der Waals surface area (Å²) >= 11 is 0. The van der Waals surface area contributed by atoms with Crippen molar-refractivity contribution in [3.8, 4) is 0 Å². The predicted molar refractivity (Wildman–Crippen MR) is 36.7 cm³/mol. The van der Waals surface area contributed by atoms with E-state index in [1.807, 2.05) is 0 Å². The van der Waals surface area contributed by atoms with Crippen LogP contribution in [0.4, 0.5) is 0 Å². The minimum atomic E-state index is -0.358. The van der Waals surface area contributed by atoms with Crippen molar-refractivity contribution >= 4 is 5.78 Å². The highest BCUT2D eigenvalue weighted by molar-refractivity contribution is 5.86. The Labute approximate surface area is 63.7 Å². The summed E-state index contributed by atoms with van der Waals surface area (Å²) in [6.45, 7) is 0. The van der Waals surface area contributed by atoms with Crippen molar-refractivity contribution in [3.05, 3.63) is 10.1 Å². The molecule has 2 rings (SSSR count). The highest BCUT2D eigenvalue weighted by Crippen LogP contribution is 2.54. The number of hydrogen-bond acceptors (Lipinski definition) is 3. The van der Waals surface area contributed by atoms with E-state index in [1.54, 1.807) is 0 Å². The minimum absolute atomic E-state index is 0.0782. The van der Waals surface area contributed by atoms with Crippen LogP contribution in [0.2, 0.25) is 0 Å². The molecule has 0 aromatic rings. The molecule has 2 fully saturated rings. The van der Waals surface area contributed by atoms with Crippen molar-refractivity contribution in [2.24, 2.45) is 5.41 Å². The molecule has 11 heavy (non-hydrogen) atoms. The van der Waals surface area contributed by atoms with Crippen LogP contribution in [0, 0.1) is 15.5 Å². The fourth-order valence-electron chi connectivity index (χ4n) is 2.16. The van der Waals surface area contributed by atoms with Gasteiger partial charge in [0.1, 0.15) is 5.78 Å². The Balaban J connectivity index is 1.89. The van der Waals surface area contributed by atoms with Crippen LogP contribution in [0.1, 0.15) is 25.7 Å². The van der Waals surface area contributed by atoms with E-state index in [-0.39, 0.29) is 22.2 Å². The molecule has 0 heterocycles. The largest absolute Gasteiger partial charge is 0.300 e. The average Bonchev–Trinajstić information content (AvgIpc) is 1.73. The maximum Gasteiger partial charge on any atom is 0.214 e. The predicted octanol–water partition coefficient (Wildman–Crippen LogP) is 0.775. The fourth-order valence-corrected chi connectivity index (χ4v) is 2.16. The van der Waals surface area contributed by atoms with Gasteiger partial charge in [-0.3, -0.25) is 14.9 Å². The zero-order valence-electron chi connectivity index (χ0n) is 6.08. The third-order valence-electron chi connectivity index (χ3n) is 2.78. The Bertz CT molecular complexity index is 220. The first-order valence-corrected chi connectivity index (χ1v) is 3.77. The van der Waals surface area contributed by atoms with E-state index in [2.05, 4.69) is 0 Å². The molecule has 2 aliphatic carbocycles. The van der Waals surface area contributed by atoms with Crippen LogP contribution in [0.3, 0.4) is 0 Å². The first-order chi connectivity index (χ1) is 5.11. The molecule has 0 N–H and O–H groups in total. The van der Waals surface area contributed by atoms with Gasteiger partial charge >= 0.3 is 0 Å². The molecule has 0 atom stereocenters. The van der Waals surface area contributed by atoms with E-state index in [1.165, 1.54) is 0 Å². The first kappa shape index (κ1) is 6.76. The third-order valence-corrected chi connectivity index (χ3v) is 2.78. The number of nitro groups is 1. The topological polar surface area (TPSA) is 60.2 Å². The smallest absolute Gasteiger partial charge is 0.214 e. The van der Waals surface area contributed by atoms with E-state index < -0.39 is 0 Å². The van der Waals surface area contributed by atoms with Crippen molar-refractivity contribution in [2.45, 2.75) is 31.7 Å². The first-order valence-electron chi connectivity index (χ1n) is 3.77. The van der Waals surface area contributed by atoms with Crippen LogP contribution >= 0.6 is 0 Å². The van der Waals surface area contributed by atoms with Gasteiger partial charge in [0.2, 0.25) is 6.04 Å². The highest BCUT2D eigenvalue weighted by Gasteiger charge is 2.57. The van der Waals surface area contributed by atoms with Crippen LogP contribution in [0.15, 0.2) is 0 Å². The Kier molecular flexibility index (Phi) is 1.11. The average molecular weight is 155 g/mol. The highest BCUT2D eigenvalue weighted by atomic mass is 16.6. The summed E-state index contributed by atoms with van der Waals surface area (Å²) in [6.07, 6.45) is 2.45. The molecule has 0 unspecified atom stereocenters. The summed E-state index contributed by atoms with van der Waals surface area (Å²) in [6, 6.07) is -0.358. The van der Waals surface area contributed by atoms with Gasteiger partial charge in [0.15, 0.2) is 0 Å².